The molecule has 0 bridgehead atoms. The summed E-state index contributed by atoms with van der Waals surface area (Å²) in [5.74, 6) is 0.655. The van der Waals surface area contributed by atoms with Crippen LogP contribution in [0.2, 0.25) is 10.0 Å². The summed E-state index contributed by atoms with van der Waals surface area (Å²) in [5.41, 5.74) is 1.36. The molecule has 0 unspecified atom stereocenters. The van der Waals surface area contributed by atoms with Crippen LogP contribution in [0.3, 0.4) is 0 Å². The van der Waals surface area contributed by atoms with Crippen molar-refractivity contribution >= 4 is 29.1 Å². The van der Waals surface area contributed by atoms with Crippen LogP contribution in [-0.4, -0.2) is 32.8 Å². The molecule has 1 amide bonds. The highest BCUT2D eigenvalue weighted by Crippen LogP contribution is 2.39. The third-order valence-corrected chi connectivity index (χ3v) is 5.64. The molecule has 1 heterocycles. The molecule has 2 aromatic carbocycles. The predicted octanol–water partition coefficient (Wildman–Crippen LogP) is 4.48. The number of halogens is 2. The fourth-order valence-electron chi connectivity index (χ4n) is 3.38. The highest BCUT2D eigenvalue weighted by atomic mass is 35.5. The average molecular weight is 394 g/mol. The van der Waals surface area contributed by atoms with Crippen LogP contribution in [0.1, 0.15) is 28.8 Å². The summed E-state index contributed by atoms with van der Waals surface area (Å²) in [5, 5.41) is 3.85. The van der Waals surface area contributed by atoms with Crippen molar-refractivity contribution < 1.29 is 14.3 Å². The number of ether oxygens (including phenoxy) is 2. The van der Waals surface area contributed by atoms with Gasteiger partial charge in [-0.05, 0) is 37.1 Å². The first-order valence-electron chi connectivity index (χ1n) is 8.50. The summed E-state index contributed by atoms with van der Waals surface area (Å²) in [6.45, 7) is 1.80. The lowest BCUT2D eigenvalue weighted by molar-refractivity contribution is 0.0479. The Morgan fingerprint density at radius 1 is 1.15 bits per heavy atom. The first-order chi connectivity index (χ1) is 12.6. The van der Waals surface area contributed by atoms with E-state index in [4.69, 9.17) is 32.7 Å². The van der Waals surface area contributed by atoms with Crippen molar-refractivity contribution in [1.82, 2.24) is 5.32 Å². The number of nitrogens with one attached hydrogen (secondary N) is 1. The maximum atomic E-state index is 12.6. The van der Waals surface area contributed by atoms with Gasteiger partial charge in [0.05, 0.1) is 17.2 Å². The van der Waals surface area contributed by atoms with Gasteiger partial charge in [-0.15, -0.1) is 0 Å². The van der Waals surface area contributed by atoms with Gasteiger partial charge in [0, 0.05) is 36.3 Å². The van der Waals surface area contributed by atoms with E-state index in [-0.39, 0.29) is 11.3 Å². The van der Waals surface area contributed by atoms with Gasteiger partial charge in [0.15, 0.2) is 0 Å². The Morgan fingerprint density at radius 2 is 1.88 bits per heavy atom. The molecule has 4 nitrogen and oxygen atoms in total. The van der Waals surface area contributed by atoms with Crippen molar-refractivity contribution in [3.8, 4) is 5.75 Å². The van der Waals surface area contributed by atoms with Gasteiger partial charge < -0.3 is 14.8 Å². The van der Waals surface area contributed by atoms with Crippen molar-refractivity contribution in [1.29, 1.82) is 0 Å². The monoisotopic (exact) mass is 393 g/mol. The molecule has 3 rings (SSSR count). The van der Waals surface area contributed by atoms with Gasteiger partial charge in [-0.25, -0.2) is 0 Å². The summed E-state index contributed by atoms with van der Waals surface area (Å²) in [4.78, 5) is 12.6. The van der Waals surface area contributed by atoms with E-state index in [9.17, 15) is 4.79 Å². The summed E-state index contributed by atoms with van der Waals surface area (Å²) >= 11 is 12.0. The molecule has 0 aliphatic carbocycles. The molecule has 6 heteroatoms. The number of para-hydroxylation sites is 1. The number of benzene rings is 2. The lowest BCUT2D eigenvalue weighted by atomic mass is 9.73. The third kappa shape index (κ3) is 3.98. The van der Waals surface area contributed by atoms with Crippen molar-refractivity contribution in [2.45, 2.75) is 18.3 Å². The van der Waals surface area contributed by atoms with Crippen LogP contribution < -0.4 is 10.1 Å². The van der Waals surface area contributed by atoms with Gasteiger partial charge in [0.25, 0.3) is 5.91 Å². The molecule has 1 saturated heterocycles. The van der Waals surface area contributed by atoms with E-state index in [0.29, 0.717) is 35.4 Å². The van der Waals surface area contributed by atoms with Gasteiger partial charge in [-0.3, -0.25) is 4.79 Å². The maximum Gasteiger partial charge on any atom is 0.251 e. The molecule has 0 aromatic heterocycles. The summed E-state index contributed by atoms with van der Waals surface area (Å²) in [7, 11) is 1.67. The van der Waals surface area contributed by atoms with Crippen LogP contribution in [-0.2, 0) is 10.2 Å². The maximum absolute atomic E-state index is 12.6. The van der Waals surface area contributed by atoms with Gasteiger partial charge in [-0.2, -0.15) is 0 Å². The van der Waals surface area contributed by atoms with Crippen molar-refractivity contribution in [3.63, 3.8) is 0 Å². The fourth-order valence-corrected chi connectivity index (χ4v) is 3.67. The molecule has 138 valence electrons. The lowest BCUT2D eigenvalue weighted by Gasteiger charge is -2.38. The van der Waals surface area contributed by atoms with Crippen LogP contribution in [0, 0.1) is 0 Å². The van der Waals surface area contributed by atoms with E-state index in [2.05, 4.69) is 11.4 Å². The number of amides is 1. The van der Waals surface area contributed by atoms with Crippen LogP contribution in [0.4, 0.5) is 0 Å². The quantitative estimate of drug-likeness (QED) is 0.814. The second-order valence-electron chi connectivity index (χ2n) is 6.40. The summed E-state index contributed by atoms with van der Waals surface area (Å²) < 4.78 is 11.1. The van der Waals surface area contributed by atoms with Gasteiger partial charge in [-0.1, -0.05) is 41.4 Å². The molecular formula is C20H21Cl2NO3. The zero-order valence-corrected chi connectivity index (χ0v) is 16.1. The number of carbonyl (C=O) groups excluding carboxylic acids is 1. The highest BCUT2D eigenvalue weighted by molar-refractivity contribution is 6.42. The number of hydrogen-bond donors (Lipinski definition) is 1. The van der Waals surface area contributed by atoms with Crippen LogP contribution in [0.5, 0.6) is 5.75 Å². The van der Waals surface area contributed by atoms with E-state index < -0.39 is 0 Å². The number of hydrogen-bond acceptors (Lipinski definition) is 3. The molecule has 1 N–H and O–H groups in total. The first-order valence-corrected chi connectivity index (χ1v) is 9.26. The minimum atomic E-state index is -0.225. The van der Waals surface area contributed by atoms with E-state index >= 15 is 0 Å². The molecule has 2 aromatic rings. The van der Waals surface area contributed by atoms with Crippen molar-refractivity contribution in [2.24, 2.45) is 0 Å². The third-order valence-electron chi connectivity index (χ3n) is 4.90. The molecule has 0 atom stereocenters. The highest BCUT2D eigenvalue weighted by Gasteiger charge is 2.37. The second-order valence-corrected chi connectivity index (χ2v) is 7.22. The van der Waals surface area contributed by atoms with E-state index in [1.807, 2.05) is 18.2 Å². The molecule has 0 spiro atoms. The fraction of sp³-hybridized carbons (Fsp3) is 0.350. The number of methoxy groups -OCH3 is 1. The average Bonchev–Trinajstić information content (AvgIpc) is 2.69. The zero-order valence-electron chi connectivity index (χ0n) is 14.6. The Bertz CT molecular complexity index is 788. The topological polar surface area (TPSA) is 47.6 Å². The molecule has 0 saturated carbocycles. The largest absolute Gasteiger partial charge is 0.496 e. The van der Waals surface area contributed by atoms with Gasteiger partial charge in [0.2, 0.25) is 0 Å². The smallest absolute Gasteiger partial charge is 0.251 e. The summed E-state index contributed by atoms with van der Waals surface area (Å²) in [6.07, 6.45) is 1.63. The molecule has 1 fully saturated rings. The zero-order chi connectivity index (χ0) is 18.6. The van der Waals surface area contributed by atoms with E-state index in [0.717, 1.165) is 24.2 Å². The van der Waals surface area contributed by atoms with Crippen LogP contribution in [0.25, 0.3) is 0 Å². The lowest BCUT2D eigenvalue weighted by Crippen LogP contribution is -2.44. The predicted molar refractivity (Wildman–Crippen MR) is 104 cm³/mol. The number of rotatable bonds is 5. The minimum absolute atomic E-state index is 0.177. The Balaban J connectivity index is 1.83. The van der Waals surface area contributed by atoms with Gasteiger partial charge in [0.1, 0.15) is 5.75 Å². The Hall–Kier alpha value is -1.75. The Labute approximate surface area is 163 Å². The van der Waals surface area contributed by atoms with E-state index in [1.165, 1.54) is 0 Å². The molecular weight excluding hydrogens is 373 g/mol. The second kappa shape index (κ2) is 8.30. The molecule has 26 heavy (non-hydrogen) atoms. The molecule has 1 aliphatic heterocycles. The SMILES string of the molecule is COc1ccccc1C1(CNC(=O)c2ccc(Cl)c(Cl)c2)CCOCC1. The van der Waals surface area contributed by atoms with E-state index in [1.54, 1.807) is 25.3 Å². The Kier molecular flexibility index (Phi) is 6.07. The normalized spacial score (nSPS) is 16.1. The van der Waals surface area contributed by atoms with Gasteiger partial charge >= 0.3 is 0 Å². The Morgan fingerprint density at radius 3 is 2.58 bits per heavy atom. The summed E-state index contributed by atoms with van der Waals surface area (Å²) in [6, 6.07) is 12.8. The first kappa shape index (κ1) is 19.0. The number of carbonyl (C=O) groups is 1. The van der Waals surface area contributed by atoms with Crippen molar-refractivity contribution in [2.75, 3.05) is 26.9 Å². The standard InChI is InChI=1S/C20H21Cl2NO3/c1-25-18-5-3-2-4-15(18)20(8-10-26-11-9-20)13-23-19(24)14-6-7-16(21)17(22)12-14/h2-7,12H,8-11,13H2,1H3,(H,23,24). The molecule has 1 aliphatic rings. The van der Waals surface area contributed by atoms with Crippen LogP contribution in [0.15, 0.2) is 42.5 Å². The van der Waals surface area contributed by atoms with Crippen LogP contribution >= 0.6 is 23.2 Å². The minimum Gasteiger partial charge on any atom is -0.496 e. The van der Waals surface area contributed by atoms with Crippen molar-refractivity contribution in [3.05, 3.63) is 63.6 Å². The molecule has 0 radical (unpaired) electrons.